The standard InChI is InChI=1S/C13H16N2/c1-8-9(2)15-13-4-3-10(5-12(8)13)11-6-14-7-11/h3-5,11,14-15H,6-7H2,1-2H3. The summed E-state index contributed by atoms with van der Waals surface area (Å²) in [5.74, 6) is 0.726. The van der Waals surface area contributed by atoms with Gasteiger partial charge in [-0.05, 0) is 37.1 Å². The summed E-state index contributed by atoms with van der Waals surface area (Å²) in [6, 6.07) is 6.81. The zero-order chi connectivity index (χ0) is 10.4. The van der Waals surface area contributed by atoms with Crippen LogP contribution >= 0.6 is 0 Å². The van der Waals surface area contributed by atoms with Gasteiger partial charge in [-0.25, -0.2) is 0 Å². The van der Waals surface area contributed by atoms with Crippen LogP contribution in [-0.4, -0.2) is 18.1 Å². The smallest absolute Gasteiger partial charge is 0.0458 e. The molecular formula is C13H16N2. The maximum atomic E-state index is 3.41. The van der Waals surface area contributed by atoms with Crippen LogP contribution in [0.3, 0.4) is 0 Å². The lowest BCUT2D eigenvalue weighted by Gasteiger charge is -2.27. The van der Waals surface area contributed by atoms with E-state index < -0.39 is 0 Å². The Labute approximate surface area is 89.7 Å². The molecule has 78 valence electrons. The average Bonchev–Trinajstić information content (AvgIpc) is 2.41. The molecule has 2 nitrogen and oxygen atoms in total. The fourth-order valence-corrected chi connectivity index (χ4v) is 2.26. The number of aromatic nitrogens is 1. The van der Waals surface area contributed by atoms with Crippen molar-refractivity contribution in [2.75, 3.05) is 13.1 Å². The highest BCUT2D eigenvalue weighted by Gasteiger charge is 2.19. The van der Waals surface area contributed by atoms with Gasteiger partial charge in [0.15, 0.2) is 0 Å². The van der Waals surface area contributed by atoms with Crippen LogP contribution in [0.2, 0.25) is 0 Å². The van der Waals surface area contributed by atoms with Gasteiger partial charge in [0.2, 0.25) is 0 Å². The number of benzene rings is 1. The SMILES string of the molecule is Cc1[nH]c2ccc(C3CNC3)cc2c1C. The van der Waals surface area contributed by atoms with Gasteiger partial charge in [-0.2, -0.15) is 0 Å². The minimum atomic E-state index is 0.726. The Kier molecular flexibility index (Phi) is 1.86. The van der Waals surface area contributed by atoms with E-state index in [1.807, 2.05) is 0 Å². The number of hydrogen-bond acceptors (Lipinski definition) is 1. The predicted octanol–water partition coefficient (Wildman–Crippen LogP) is 2.47. The molecule has 0 unspecified atom stereocenters. The van der Waals surface area contributed by atoms with Crippen molar-refractivity contribution in [2.24, 2.45) is 0 Å². The van der Waals surface area contributed by atoms with Crippen LogP contribution in [0.5, 0.6) is 0 Å². The van der Waals surface area contributed by atoms with Gasteiger partial charge in [-0.3, -0.25) is 0 Å². The molecule has 3 rings (SSSR count). The Balaban J connectivity index is 2.15. The van der Waals surface area contributed by atoms with E-state index in [0.29, 0.717) is 0 Å². The topological polar surface area (TPSA) is 27.8 Å². The lowest BCUT2D eigenvalue weighted by atomic mass is 9.92. The second-order valence-electron chi connectivity index (χ2n) is 4.54. The van der Waals surface area contributed by atoms with Crippen LogP contribution in [0.25, 0.3) is 10.9 Å². The van der Waals surface area contributed by atoms with Crippen molar-refractivity contribution in [1.29, 1.82) is 0 Å². The van der Waals surface area contributed by atoms with Crippen molar-refractivity contribution >= 4 is 10.9 Å². The Hall–Kier alpha value is -1.28. The maximum absolute atomic E-state index is 3.41. The van der Waals surface area contributed by atoms with Crippen molar-refractivity contribution in [3.63, 3.8) is 0 Å². The summed E-state index contributed by atoms with van der Waals surface area (Å²) in [6.45, 7) is 6.60. The fourth-order valence-electron chi connectivity index (χ4n) is 2.26. The van der Waals surface area contributed by atoms with Crippen molar-refractivity contribution in [2.45, 2.75) is 19.8 Å². The Morgan fingerprint density at radius 1 is 1.20 bits per heavy atom. The summed E-state index contributed by atoms with van der Waals surface area (Å²) in [4.78, 5) is 3.41. The molecule has 15 heavy (non-hydrogen) atoms. The summed E-state index contributed by atoms with van der Waals surface area (Å²) < 4.78 is 0. The van der Waals surface area contributed by atoms with Crippen molar-refractivity contribution in [3.05, 3.63) is 35.0 Å². The molecule has 2 N–H and O–H groups in total. The summed E-state index contributed by atoms with van der Waals surface area (Å²) in [7, 11) is 0. The first-order chi connectivity index (χ1) is 7.25. The molecule has 1 aromatic heterocycles. The molecule has 0 radical (unpaired) electrons. The first-order valence-corrected chi connectivity index (χ1v) is 5.55. The number of hydrogen-bond donors (Lipinski definition) is 2. The monoisotopic (exact) mass is 200 g/mol. The molecule has 1 aromatic carbocycles. The number of fused-ring (bicyclic) bond motifs is 1. The number of aryl methyl sites for hydroxylation is 2. The number of aromatic amines is 1. The number of rotatable bonds is 1. The first kappa shape index (κ1) is 8.98. The third-order valence-corrected chi connectivity index (χ3v) is 3.59. The van der Waals surface area contributed by atoms with Gasteiger partial charge in [0.1, 0.15) is 0 Å². The highest BCUT2D eigenvalue weighted by molar-refractivity contribution is 5.85. The molecule has 1 aliphatic rings. The molecule has 0 aliphatic carbocycles. The molecular weight excluding hydrogens is 184 g/mol. The quantitative estimate of drug-likeness (QED) is 0.727. The van der Waals surface area contributed by atoms with Gasteiger partial charge in [-0.1, -0.05) is 6.07 Å². The molecule has 2 heteroatoms. The van der Waals surface area contributed by atoms with E-state index >= 15 is 0 Å². The van der Waals surface area contributed by atoms with E-state index in [4.69, 9.17) is 0 Å². The van der Waals surface area contributed by atoms with Gasteiger partial charge in [-0.15, -0.1) is 0 Å². The molecule has 0 spiro atoms. The molecule has 1 saturated heterocycles. The maximum Gasteiger partial charge on any atom is 0.0458 e. The van der Waals surface area contributed by atoms with Gasteiger partial charge in [0, 0.05) is 35.6 Å². The molecule has 0 amide bonds. The van der Waals surface area contributed by atoms with Gasteiger partial charge in [0.25, 0.3) is 0 Å². The fraction of sp³-hybridized carbons (Fsp3) is 0.385. The molecule has 1 fully saturated rings. The first-order valence-electron chi connectivity index (χ1n) is 5.55. The molecule has 0 atom stereocenters. The summed E-state index contributed by atoms with van der Waals surface area (Å²) in [6.07, 6.45) is 0. The van der Waals surface area contributed by atoms with Crippen LogP contribution in [0.1, 0.15) is 22.7 Å². The minimum absolute atomic E-state index is 0.726. The highest BCUT2D eigenvalue weighted by Crippen LogP contribution is 2.27. The molecule has 0 saturated carbocycles. The predicted molar refractivity (Wildman–Crippen MR) is 63.4 cm³/mol. The summed E-state index contributed by atoms with van der Waals surface area (Å²) in [5.41, 5.74) is 5.41. The summed E-state index contributed by atoms with van der Waals surface area (Å²) in [5, 5.41) is 4.71. The van der Waals surface area contributed by atoms with Crippen molar-refractivity contribution < 1.29 is 0 Å². The third-order valence-electron chi connectivity index (χ3n) is 3.59. The van der Waals surface area contributed by atoms with Crippen LogP contribution in [0.15, 0.2) is 18.2 Å². The lowest BCUT2D eigenvalue weighted by molar-refractivity contribution is 0.449. The molecule has 1 aliphatic heterocycles. The lowest BCUT2D eigenvalue weighted by Crippen LogP contribution is -2.39. The minimum Gasteiger partial charge on any atom is -0.358 e. The highest BCUT2D eigenvalue weighted by atomic mass is 14.9. The zero-order valence-electron chi connectivity index (χ0n) is 9.22. The summed E-state index contributed by atoms with van der Waals surface area (Å²) >= 11 is 0. The second kappa shape index (κ2) is 3.11. The van der Waals surface area contributed by atoms with E-state index in [2.05, 4.69) is 42.3 Å². The van der Waals surface area contributed by atoms with E-state index in [9.17, 15) is 0 Å². The van der Waals surface area contributed by atoms with Crippen LogP contribution in [-0.2, 0) is 0 Å². The van der Waals surface area contributed by atoms with Crippen LogP contribution in [0.4, 0.5) is 0 Å². The largest absolute Gasteiger partial charge is 0.358 e. The molecule has 2 heterocycles. The van der Waals surface area contributed by atoms with Crippen LogP contribution < -0.4 is 5.32 Å². The van der Waals surface area contributed by atoms with Crippen molar-refractivity contribution in [3.8, 4) is 0 Å². The second-order valence-corrected chi connectivity index (χ2v) is 4.54. The van der Waals surface area contributed by atoms with Gasteiger partial charge in [0.05, 0.1) is 0 Å². The van der Waals surface area contributed by atoms with E-state index in [1.165, 1.54) is 27.7 Å². The van der Waals surface area contributed by atoms with Gasteiger partial charge >= 0.3 is 0 Å². The number of H-pyrrole nitrogens is 1. The average molecular weight is 200 g/mol. The van der Waals surface area contributed by atoms with E-state index in [0.717, 1.165) is 19.0 Å². The van der Waals surface area contributed by atoms with E-state index in [-0.39, 0.29) is 0 Å². The molecule has 2 aromatic rings. The Bertz CT molecular complexity index is 506. The third kappa shape index (κ3) is 1.29. The van der Waals surface area contributed by atoms with Crippen LogP contribution in [0, 0.1) is 13.8 Å². The zero-order valence-corrected chi connectivity index (χ0v) is 9.22. The van der Waals surface area contributed by atoms with Gasteiger partial charge < -0.3 is 10.3 Å². The Morgan fingerprint density at radius 2 is 2.00 bits per heavy atom. The Morgan fingerprint density at radius 3 is 2.67 bits per heavy atom. The number of nitrogens with one attached hydrogen (secondary N) is 2. The van der Waals surface area contributed by atoms with Crippen molar-refractivity contribution in [1.82, 2.24) is 10.3 Å². The van der Waals surface area contributed by atoms with E-state index in [1.54, 1.807) is 0 Å². The normalized spacial score (nSPS) is 16.9. The molecule has 0 bridgehead atoms.